The molecule has 1 aromatic carbocycles. The second kappa shape index (κ2) is 4.44. The summed E-state index contributed by atoms with van der Waals surface area (Å²) in [6, 6.07) is 5.43. The Balaban J connectivity index is 2.72. The zero-order valence-corrected chi connectivity index (χ0v) is 11.1. The second-order valence-electron chi connectivity index (χ2n) is 5.10. The summed E-state index contributed by atoms with van der Waals surface area (Å²) in [5, 5.41) is 9.00. The molecule has 2 aromatic rings. The molecule has 96 valence electrons. The topological polar surface area (TPSA) is 55.1 Å². The Bertz CT molecular complexity index is 597. The van der Waals surface area contributed by atoms with Gasteiger partial charge in [-0.25, -0.2) is 9.78 Å². The standard InChI is InChI=1S/C14H18N2O2/c1-8(2)13-15-11-7-10(14(17)18)5-6-12(11)16(13)9(3)4/h5-9H,1-4H3,(H,17,18). The van der Waals surface area contributed by atoms with Crippen molar-refractivity contribution in [3.8, 4) is 0 Å². The first-order valence-corrected chi connectivity index (χ1v) is 6.17. The molecule has 0 unspecified atom stereocenters. The summed E-state index contributed by atoms with van der Waals surface area (Å²) in [5.74, 6) is 0.401. The fourth-order valence-corrected chi connectivity index (χ4v) is 2.20. The summed E-state index contributed by atoms with van der Waals surface area (Å²) >= 11 is 0. The van der Waals surface area contributed by atoms with Gasteiger partial charge in [-0.05, 0) is 32.0 Å². The van der Waals surface area contributed by atoms with Gasteiger partial charge in [0.05, 0.1) is 16.6 Å². The lowest BCUT2D eigenvalue weighted by atomic mass is 10.2. The Morgan fingerprint density at radius 3 is 2.44 bits per heavy atom. The monoisotopic (exact) mass is 246 g/mol. The molecule has 0 atom stereocenters. The van der Waals surface area contributed by atoms with Crippen LogP contribution >= 0.6 is 0 Å². The van der Waals surface area contributed by atoms with Crippen molar-refractivity contribution < 1.29 is 9.90 Å². The molecule has 0 aliphatic heterocycles. The molecular weight excluding hydrogens is 228 g/mol. The summed E-state index contributed by atoms with van der Waals surface area (Å²) in [4.78, 5) is 15.5. The van der Waals surface area contributed by atoms with Gasteiger partial charge in [0.25, 0.3) is 0 Å². The predicted molar refractivity (Wildman–Crippen MR) is 71.2 cm³/mol. The molecule has 4 nitrogen and oxygen atoms in total. The van der Waals surface area contributed by atoms with Gasteiger partial charge in [-0.2, -0.15) is 0 Å². The van der Waals surface area contributed by atoms with Gasteiger partial charge < -0.3 is 9.67 Å². The lowest BCUT2D eigenvalue weighted by Gasteiger charge is -2.14. The Morgan fingerprint density at radius 2 is 1.94 bits per heavy atom. The third kappa shape index (κ3) is 1.98. The number of nitrogens with zero attached hydrogens (tertiary/aromatic N) is 2. The normalized spacial score (nSPS) is 11.7. The van der Waals surface area contributed by atoms with E-state index in [9.17, 15) is 4.79 Å². The van der Waals surface area contributed by atoms with Crippen LogP contribution in [0.1, 0.15) is 55.8 Å². The highest BCUT2D eigenvalue weighted by Gasteiger charge is 2.16. The average Bonchev–Trinajstić information content (AvgIpc) is 2.66. The first-order valence-electron chi connectivity index (χ1n) is 6.17. The van der Waals surface area contributed by atoms with Crippen molar-refractivity contribution in [2.24, 2.45) is 0 Å². The number of hydrogen-bond acceptors (Lipinski definition) is 2. The van der Waals surface area contributed by atoms with Crippen molar-refractivity contribution in [3.05, 3.63) is 29.6 Å². The fourth-order valence-electron chi connectivity index (χ4n) is 2.20. The van der Waals surface area contributed by atoms with Gasteiger partial charge in [0, 0.05) is 12.0 Å². The van der Waals surface area contributed by atoms with Crippen molar-refractivity contribution in [3.63, 3.8) is 0 Å². The van der Waals surface area contributed by atoms with E-state index in [-0.39, 0.29) is 5.56 Å². The van der Waals surface area contributed by atoms with Gasteiger partial charge in [0.15, 0.2) is 0 Å². The van der Waals surface area contributed by atoms with E-state index in [2.05, 4.69) is 37.2 Å². The zero-order chi connectivity index (χ0) is 13.4. The minimum absolute atomic E-state index is 0.284. The highest BCUT2D eigenvalue weighted by atomic mass is 16.4. The van der Waals surface area contributed by atoms with Crippen LogP contribution in [-0.4, -0.2) is 20.6 Å². The van der Waals surface area contributed by atoms with E-state index in [1.807, 2.05) is 6.07 Å². The van der Waals surface area contributed by atoms with E-state index >= 15 is 0 Å². The molecule has 2 rings (SSSR count). The lowest BCUT2D eigenvalue weighted by molar-refractivity contribution is 0.0697. The maximum Gasteiger partial charge on any atom is 0.335 e. The highest BCUT2D eigenvalue weighted by Crippen LogP contribution is 2.26. The Kier molecular flexibility index (Phi) is 3.11. The Labute approximate surface area is 106 Å². The fraction of sp³-hybridized carbons (Fsp3) is 0.429. The second-order valence-corrected chi connectivity index (χ2v) is 5.10. The molecule has 0 aliphatic rings. The van der Waals surface area contributed by atoms with Crippen LogP contribution in [0.15, 0.2) is 18.2 Å². The van der Waals surface area contributed by atoms with Gasteiger partial charge in [-0.15, -0.1) is 0 Å². The number of aromatic nitrogens is 2. The van der Waals surface area contributed by atoms with Gasteiger partial charge in [0.1, 0.15) is 5.82 Å². The molecule has 18 heavy (non-hydrogen) atoms. The summed E-state index contributed by atoms with van der Waals surface area (Å²) in [7, 11) is 0. The zero-order valence-electron chi connectivity index (χ0n) is 11.1. The number of hydrogen-bond donors (Lipinski definition) is 1. The van der Waals surface area contributed by atoms with Crippen LogP contribution in [0.3, 0.4) is 0 Å². The van der Waals surface area contributed by atoms with Crippen molar-refractivity contribution in [2.75, 3.05) is 0 Å². The average molecular weight is 246 g/mol. The molecule has 0 spiro atoms. The molecule has 1 aromatic heterocycles. The predicted octanol–water partition coefficient (Wildman–Crippen LogP) is 3.44. The van der Waals surface area contributed by atoms with Crippen LogP contribution in [0.4, 0.5) is 0 Å². The number of carboxylic acids is 1. The van der Waals surface area contributed by atoms with Crippen LogP contribution < -0.4 is 0 Å². The number of rotatable bonds is 3. The van der Waals surface area contributed by atoms with Gasteiger partial charge in [0.2, 0.25) is 0 Å². The van der Waals surface area contributed by atoms with E-state index in [0.29, 0.717) is 12.0 Å². The van der Waals surface area contributed by atoms with Crippen molar-refractivity contribution in [1.82, 2.24) is 9.55 Å². The lowest BCUT2D eigenvalue weighted by Crippen LogP contribution is -2.07. The molecule has 0 bridgehead atoms. The maximum absolute atomic E-state index is 11.0. The highest BCUT2D eigenvalue weighted by molar-refractivity contribution is 5.92. The minimum Gasteiger partial charge on any atom is -0.478 e. The summed E-state index contributed by atoms with van der Waals surface area (Å²) in [6.45, 7) is 8.41. The van der Waals surface area contributed by atoms with Gasteiger partial charge in [-0.1, -0.05) is 13.8 Å². The molecule has 1 heterocycles. The van der Waals surface area contributed by atoms with Gasteiger partial charge >= 0.3 is 5.97 Å². The minimum atomic E-state index is -0.915. The van der Waals surface area contributed by atoms with Crippen LogP contribution in [0, 0.1) is 0 Å². The molecule has 0 saturated heterocycles. The van der Waals surface area contributed by atoms with E-state index < -0.39 is 5.97 Å². The molecule has 0 radical (unpaired) electrons. The van der Waals surface area contributed by atoms with Crippen molar-refractivity contribution in [2.45, 2.75) is 39.7 Å². The smallest absolute Gasteiger partial charge is 0.335 e. The number of carboxylic acid groups (broad SMARTS) is 1. The number of aromatic carboxylic acids is 1. The third-order valence-electron chi connectivity index (χ3n) is 3.00. The molecule has 0 fully saturated rings. The van der Waals surface area contributed by atoms with E-state index in [1.165, 1.54) is 0 Å². The summed E-state index contributed by atoms with van der Waals surface area (Å²) in [6.07, 6.45) is 0. The van der Waals surface area contributed by atoms with Gasteiger partial charge in [-0.3, -0.25) is 0 Å². The maximum atomic E-state index is 11.0. The van der Waals surface area contributed by atoms with Crippen LogP contribution in [-0.2, 0) is 0 Å². The van der Waals surface area contributed by atoms with Crippen LogP contribution in [0.2, 0.25) is 0 Å². The Morgan fingerprint density at radius 1 is 1.28 bits per heavy atom. The third-order valence-corrected chi connectivity index (χ3v) is 3.00. The largest absolute Gasteiger partial charge is 0.478 e. The quantitative estimate of drug-likeness (QED) is 0.902. The molecule has 4 heteroatoms. The Hall–Kier alpha value is -1.84. The van der Waals surface area contributed by atoms with E-state index in [4.69, 9.17) is 5.11 Å². The molecule has 1 N–H and O–H groups in total. The molecule has 0 amide bonds. The van der Waals surface area contributed by atoms with Crippen LogP contribution in [0.25, 0.3) is 11.0 Å². The van der Waals surface area contributed by atoms with E-state index in [0.717, 1.165) is 16.9 Å². The van der Waals surface area contributed by atoms with Crippen LogP contribution in [0.5, 0.6) is 0 Å². The SMILES string of the molecule is CC(C)c1nc2cc(C(=O)O)ccc2n1C(C)C. The number of imidazole rings is 1. The van der Waals surface area contributed by atoms with Crippen molar-refractivity contribution >= 4 is 17.0 Å². The number of benzene rings is 1. The molecular formula is C14H18N2O2. The molecule has 0 aliphatic carbocycles. The van der Waals surface area contributed by atoms with E-state index in [1.54, 1.807) is 12.1 Å². The number of fused-ring (bicyclic) bond motifs is 1. The number of carbonyl (C=O) groups is 1. The van der Waals surface area contributed by atoms with Crippen molar-refractivity contribution in [1.29, 1.82) is 0 Å². The first kappa shape index (κ1) is 12.6. The summed E-state index contributed by atoms with van der Waals surface area (Å²) < 4.78 is 2.17. The summed E-state index contributed by atoms with van der Waals surface area (Å²) in [5.41, 5.74) is 2.04. The first-order chi connectivity index (χ1) is 8.41. The molecule has 0 saturated carbocycles.